The second-order valence-corrected chi connectivity index (χ2v) is 22.0. The molecule has 0 saturated heterocycles. The number of aryl methyl sites for hydroxylation is 7. The molecule has 29 nitrogen and oxygen atoms in total. The number of amides is 10. The highest BCUT2D eigenvalue weighted by atomic mass is 32.1. The fourth-order valence-electron chi connectivity index (χ4n) is 9.30. The lowest BCUT2D eigenvalue weighted by Crippen LogP contribution is -2.32. The van der Waals surface area contributed by atoms with Crippen LogP contribution in [0.4, 0.5) is 39.9 Å². The zero-order chi connectivity index (χ0) is 63.5. The zero-order valence-electron chi connectivity index (χ0n) is 49.9. The van der Waals surface area contributed by atoms with Gasteiger partial charge in [-0.1, -0.05) is 6.07 Å². The zero-order valence-corrected chi connectivity index (χ0v) is 50.7. The van der Waals surface area contributed by atoms with Crippen molar-refractivity contribution in [3.63, 3.8) is 0 Å². The minimum absolute atomic E-state index is 0.00231. The molecule has 8 rings (SSSR count). The van der Waals surface area contributed by atoms with Gasteiger partial charge in [0.1, 0.15) is 34.2 Å². The minimum atomic E-state index is -0.629. The first kappa shape index (κ1) is 63.3. The van der Waals surface area contributed by atoms with Crippen molar-refractivity contribution in [2.45, 2.75) is 25.7 Å². The maximum atomic E-state index is 13.5. The van der Waals surface area contributed by atoms with Crippen LogP contribution in [0.3, 0.4) is 0 Å². The Labute approximate surface area is 508 Å². The van der Waals surface area contributed by atoms with E-state index in [2.05, 4.69) is 58.2 Å². The number of carbonyl (C=O) groups is 10. The van der Waals surface area contributed by atoms with Crippen LogP contribution in [0.15, 0.2) is 97.3 Å². The fraction of sp³-hybridized carbons (Fsp3) is 0.293. The van der Waals surface area contributed by atoms with E-state index in [0.29, 0.717) is 39.9 Å². The number of thiophene rings is 1. The van der Waals surface area contributed by atoms with Gasteiger partial charge in [-0.2, -0.15) is 0 Å². The van der Waals surface area contributed by atoms with Gasteiger partial charge in [0.15, 0.2) is 5.82 Å². The third-order valence-electron chi connectivity index (χ3n) is 13.7. The molecule has 0 aliphatic carbocycles. The van der Waals surface area contributed by atoms with Crippen molar-refractivity contribution < 1.29 is 47.9 Å². The van der Waals surface area contributed by atoms with Gasteiger partial charge in [-0.25, -0.2) is 4.98 Å². The van der Waals surface area contributed by atoms with Crippen molar-refractivity contribution in [1.82, 2.24) is 57.8 Å². The van der Waals surface area contributed by atoms with E-state index < -0.39 is 47.3 Å². The Bertz CT molecular complexity index is 3960. The highest BCUT2D eigenvalue weighted by Gasteiger charge is 2.23. The molecule has 10 amide bonds. The van der Waals surface area contributed by atoms with E-state index >= 15 is 0 Å². The maximum Gasteiger partial charge on any atom is 0.291 e. The number of nitrogens with one attached hydrogen (secondary N) is 10. The molecule has 0 aromatic carbocycles. The highest BCUT2D eigenvalue weighted by molar-refractivity contribution is 7.12. The van der Waals surface area contributed by atoms with E-state index in [1.807, 2.05) is 19.0 Å². The Morgan fingerprint density at radius 2 is 0.784 bits per heavy atom. The minimum Gasteiger partial charge on any atom is -0.356 e. The Kier molecular flexibility index (Phi) is 20.1. The van der Waals surface area contributed by atoms with Crippen LogP contribution in [0, 0.1) is 0 Å². The van der Waals surface area contributed by atoms with Crippen LogP contribution in [-0.4, -0.2) is 141 Å². The summed E-state index contributed by atoms with van der Waals surface area (Å²) in [7, 11) is 15.3. The Morgan fingerprint density at radius 1 is 0.409 bits per heavy atom. The molecule has 0 spiro atoms. The SMILES string of the molecule is CN(C)CCCNC(=O)CCNC(=O)c1cc(NC(=O)c2cc(NC(=O)c3cc(NC(=O)c4nc(NC(=O)CCCNC(=O)c5cc(NC(=O)c6cc(NC(=O)c7cc(NC(=O)c8cccs8)cn7C)cn6C)cn5C)cn4C)cn3C)cn2C)cn1C. The molecule has 8 aromatic heterocycles. The third-order valence-corrected chi connectivity index (χ3v) is 14.5. The van der Waals surface area contributed by atoms with Crippen molar-refractivity contribution in [2.24, 2.45) is 49.3 Å². The topological polar surface area (TPSA) is 342 Å². The average molecular weight is 1220 g/mol. The van der Waals surface area contributed by atoms with E-state index in [0.717, 1.165) is 13.0 Å². The summed E-state index contributed by atoms with van der Waals surface area (Å²) in [6, 6.07) is 12.5. The molecule has 0 unspecified atom stereocenters. The first-order chi connectivity index (χ1) is 41.9. The van der Waals surface area contributed by atoms with Crippen molar-refractivity contribution in [1.29, 1.82) is 0 Å². The number of nitrogens with zero attached hydrogens (tertiary/aromatic N) is 9. The molecule has 10 N–H and O–H groups in total. The van der Waals surface area contributed by atoms with Crippen molar-refractivity contribution in [2.75, 3.05) is 77.5 Å². The molecule has 0 atom stereocenters. The van der Waals surface area contributed by atoms with E-state index in [9.17, 15) is 47.9 Å². The summed E-state index contributed by atoms with van der Waals surface area (Å²) >= 11 is 1.30. The summed E-state index contributed by atoms with van der Waals surface area (Å²) in [5.74, 6) is -4.32. The van der Waals surface area contributed by atoms with Gasteiger partial charge in [0.2, 0.25) is 17.6 Å². The lowest BCUT2D eigenvalue weighted by molar-refractivity contribution is -0.121. The lowest BCUT2D eigenvalue weighted by Gasteiger charge is -2.10. The Balaban J connectivity index is 0.747. The fourth-order valence-corrected chi connectivity index (χ4v) is 9.91. The van der Waals surface area contributed by atoms with Crippen LogP contribution in [0.25, 0.3) is 0 Å². The predicted molar refractivity (Wildman–Crippen MR) is 331 cm³/mol. The average Bonchev–Trinajstić information content (AvgIpc) is 4.53. The predicted octanol–water partition coefficient (Wildman–Crippen LogP) is 4.36. The second kappa shape index (κ2) is 28.0. The third kappa shape index (κ3) is 16.2. The highest BCUT2D eigenvalue weighted by Crippen LogP contribution is 2.23. The van der Waals surface area contributed by atoms with Gasteiger partial charge in [0.25, 0.3) is 47.3 Å². The Hall–Kier alpha value is -10.8. The standard InChI is InChI=1S/C58H69N19O10S/c1-70(2)19-12-17-59-48(78)15-18-61-52(81)41-22-35(28-72(41)4)63-54(83)43-24-37(30-74(43)6)65-56(85)45-26-39(32-76(45)8)67-58(87)50-69-47(33-77(50)9)68-49(79)14-10-16-60-51(80)40-21-34(27-71(40)3)62-53(82)42-23-36(29-73(42)5)64-55(84)44-25-38(31-75(44)7)66-57(86)46-13-11-20-88-46/h11,13,20-33H,10,12,14-19H2,1-9H3,(H,59,78)(H,60,80)(H,61,81)(H,62,82)(H,63,83)(H,64,84)(H,65,85)(H,66,86)(H,67,87)(H,68,79). The quantitative estimate of drug-likeness (QED) is 0.0338. The van der Waals surface area contributed by atoms with Gasteiger partial charge < -0.3 is 90.0 Å². The molecule has 0 bridgehead atoms. The molecule has 8 heterocycles. The van der Waals surface area contributed by atoms with E-state index in [1.165, 1.54) is 72.3 Å². The number of anilines is 7. The van der Waals surface area contributed by atoms with E-state index in [1.54, 1.807) is 118 Å². The number of hydrogen-bond donors (Lipinski definition) is 10. The number of rotatable bonds is 26. The first-order valence-electron chi connectivity index (χ1n) is 27.6. The number of hydrogen-bond acceptors (Lipinski definition) is 13. The van der Waals surface area contributed by atoms with Crippen LogP contribution in [0.1, 0.15) is 109 Å². The van der Waals surface area contributed by atoms with Crippen LogP contribution < -0.4 is 53.2 Å². The molecular formula is C58H69N19O10S. The van der Waals surface area contributed by atoms with Gasteiger partial charge >= 0.3 is 0 Å². The molecule has 8 aromatic rings. The summed E-state index contributed by atoms with van der Waals surface area (Å²) in [4.78, 5) is 137. The van der Waals surface area contributed by atoms with Gasteiger partial charge in [0, 0.05) is 125 Å². The summed E-state index contributed by atoms with van der Waals surface area (Å²) in [6.45, 7) is 1.65. The molecule has 0 aliphatic rings. The van der Waals surface area contributed by atoms with Gasteiger partial charge in [0.05, 0.1) is 39.0 Å². The van der Waals surface area contributed by atoms with Gasteiger partial charge in [-0.05, 0) is 81.3 Å². The van der Waals surface area contributed by atoms with Crippen LogP contribution in [0.5, 0.6) is 0 Å². The van der Waals surface area contributed by atoms with E-state index in [-0.39, 0.29) is 95.7 Å². The lowest BCUT2D eigenvalue weighted by atomic mass is 10.3. The summed E-state index contributed by atoms with van der Waals surface area (Å²) in [6.07, 6.45) is 12.1. The number of imidazole rings is 1. The monoisotopic (exact) mass is 1220 g/mol. The molecule has 0 aliphatic heterocycles. The Morgan fingerprint density at radius 3 is 1.18 bits per heavy atom. The summed E-state index contributed by atoms with van der Waals surface area (Å²) in [5.41, 5.74) is 3.44. The summed E-state index contributed by atoms with van der Waals surface area (Å²) in [5, 5.41) is 29.4. The van der Waals surface area contributed by atoms with Crippen molar-refractivity contribution >= 4 is 110 Å². The number of carbonyl (C=O) groups excluding carboxylic acids is 10. The molecule has 30 heteroatoms. The molecule has 462 valence electrons. The van der Waals surface area contributed by atoms with Crippen LogP contribution in [0.2, 0.25) is 0 Å². The van der Waals surface area contributed by atoms with Gasteiger partial charge in [-0.15, -0.1) is 11.3 Å². The van der Waals surface area contributed by atoms with E-state index in [4.69, 9.17) is 0 Å². The maximum absolute atomic E-state index is 13.5. The molecular weight excluding hydrogens is 1150 g/mol. The normalized spacial score (nSPS) is 11.0. The second-order valence-electron chi connectivity index (χ2n) is 21.0. The van der Waals surface area contributed by atoms with Crippen LogP contribution in [-0.2, 0) is 58.9 Å². The van der Waals surface area contributed by atoms with Crippen molar-refractivity contribution in [3.05, 3.63) is 142 Å². The first-order valence-corrected chi connectivity index (χ1v) is 28.5. The largest absolute Gasteiger partial charge is 0.356 e. The van der Waals surface area contributed by atoms with Crippen molar-refractivity contribution in [3.8, 4) is 0 Å². The molecule has 0 fully saturated rings. The van der Waals surface area contributed by atoms with Crippen LogP contribution >= 0.6 is 11.3 Å². The molecule has 0 radical (unpaired) electrons. The smallest absolute Gasteiger partial charge is 0.291 e. The molecule has 88 heavy (non-hydrogen) atoms. The summed E-state index contributed by atoms with van der Waals surface area (Å²) < 4.78 is 10.7. The molecule has 0 saturated carbocycles. The number of aromatic nitrogens is 8. The van der Waals surface area contributed by atoms with Gasteiger partial charge in [-0.3, -0.25) is 47.9 Å².